The van der Waals surface area contributed by atoms with Crippen molar-refractivity contribution in [2.75, 3.05) is 39.9 Å². The third-order valence-electron chi connectivity index (χ3n) is 5.87. The van der Waals surface area contributed by atoms with Crippen molar-refractivity contribution in [2.24, 2.45) is 0 Å². The number of rotatable bonds is 7. The van der Waals surface area contributed by atoms with Gasteiger partial charge in [-0.25, -0.2) is 8.42 Å². The maximum atomic E-state index is 12.9. The molecule has 170 valence electrons. The Labute approximate surface area is 176 Å². The number of nitrogens with zero attached hydrogens (tertiary/aromatic N) is 1. The van der Waals surface area contributed by atoms with Crippen LogP contribution in [0, 0.1) is 0 Å². The first-order valence-electron chi connectivity index (χ1n) is 9.99. The second kappa shape index (κ2) is 9.04. The number of methoxy groups -OCH3 is 1. The lowest BCUT2D eigenvalue weighted by atomic mass is 9.89. The van der Waals surface area contributed by atoms with E-state index >= 15 is 0 Å². The highest BCUT2D eigenvalue weighted by molar-refractivity contribution is 7.92. The molecule has 0 saturated carbocycles. The van der Waals surface area contributed by atoms with E-state index in [4.69, 9.17) is 9.47 Å². The molecule has 0 aliphatic carbocycles. The molecular weight excluding hydrogens is 418 g/mol. The van der Waals surface area contributed by atoms with E-state index in [1.807, 2.05) is 0 Å². The molecule has 1 aromatic rings. The smallest absolute Gasteiger partial charge is 0.387 e. The lowest BCUT2D eigenvalue weighted by molar-refractivity contribution is -0.112. The van der Waals surface area contributed by atoms with Crippen molar-refractivity contribution in [1.82, 2.24) is 10.2 Å². The number of sulfone groups is 1. The Morgan fingerprint density at radius 3 is 2.40 bits per heavy atom. The summed E-state index contributed by atoms with van der Waals surface area (Å²) >= 11 is 0. The molecule has 3 rings (SSSR count). The minimum absolute atomic E-state index is 0.0396. The number of morpholine rings is 1. The normalized spacial score (nSPS) is 23.1. The molecule has 2 saturated heterocycles. The first-order valence-corrected chi connectivity index (χ1v) is 11.5. The molecule has 2 aliphatic rings. The summed E-state index contributed by atoms with van der Waals surface area (Å²) in [5.74, 6) is -0.0841. The molecule has 1 unspecified atom stereocenters. The van der Waals surface area contributed by atoms with Gasteiger partial charge in [-0.2, -0.15) is 8.78 Å². The summed E-state index contributed by atoms with van der Waals surface area (Å²) in [5, 5.41) is 2.25. The van der Waals surface area contributed by atoms with E-state index in [1.54, 1.807) is 7.11 Å². The van der Waals surface area contributed by atoms with E-state index in [2.05, 4.69) is 28.8 Å². The zero-order chi connectivity index (χ0) is 22.0. The topological polar surface area (TPSA) is 77.1 Å². The predicted molar refractivity (Wildman–Crippen MR) is 107 cm³/mol. The number of hydrogen-bond acceptors (Lipinski definition) is 7. The van der Waals surface area contributed by atoms with E-state index in [0.717, 1.165) is 32.5 Å². The molecular formula is C20H30F2N2O5S. The number of likely N-dealkylation sites (tertiary alicyclic amines) is 1. The van der Waals surface area contributed by atoms with Gasteiger partial charge in [-0.15, -0.1) is 0 Å². The summed E-state index contributed by atoms with van der Waals surface area (Å²) in [6.07, 6.45) is 1.62. The third kappa shape index (κ3) is 5.47. The average molecular weight is 449 g/mol. The van der Waals surface area contributed by atoms with Gasteiger partial charge in [-0.3, -0.25) is 5.32 Å². The van der Waals surface area contributed by atoms with Crippen molar-refractivity contribution >= 4 is 9.84 Å². The van der Waals surface area contributed by atoms with Crippen LogP contribution in [0.15, 0.2) is 29.2 Å². The third-order valence-corrected chi connectivity index (χ3v) is 7.85. The van der Waals surface area contributed by atoms with Crippen molar-refractivity contribution in [3.63, 3.8) is 0 Å². The van der Waals surface area contributed by atoms with Gasteiger partial charge >= 0.3 is 6.61 Å². The van der Waals surface area contributed by atoms with Gasteiger partial charge in [-0.1, -0.05) is 0 Å². The Balaban J connectivity index is 1.56. The van der Waals surface area contributed by atoms with Crippen molar-refractivity contribution in [3.05, 3.63) is 24.3 Å². The largest absolute Gasteiger partial charge is 0.435 e. The number of nitrogens with one attached hydrogen (secondary N) is 1. The Morgan fingerprint density at radius 1 is 1.27 bits per heavy atom. The summed E-state index contributed by atoms with van der Waals surface area (Å²) in [7, 11) is -2.00. The second-order valence-electron chi connectivity index (χ2n) is 8.50. The average Bonchev–Trinajstić information content (AvgIpc) is 2.70. The lowest BCUT2D eigenvalue weighted by Gasteiger charge is -2.46. The van der Waals surface area contributed by atoms with Gasteiger partial charge < -0.3 is 19.1 Å². The zero-order valence-corrected chi connectivity index (χ0v) is 18.4. The summed E-state index contributed by atoms with van der Waals surface area (Å²) in [6.45, 7) is 4.19. The molecule has 0 bridgehead atoms. The van der Waals surface area contributed by atoms with Gasteiger partial charge in [-0.05, 0) is 51.0 Å². The van der Waals surface area contributed by atoms with Gasteiger partial charge in [0.2, 0.25) is 0 Å². The number of benzene rings is 1. The molecule has 1 aromatic carbocycles. The Kier molecular flexibility index (Phi) is 7.03. The van der Waals surface area contributed by atoms with E-state index in [1.165, 1.54) is 24.3 Å². The van der Waals surface area contributed by atoms with Crippen LogP contribution in [0.3, 0.4) is 0 Å². The lowest BCUT2D eigenvalue weighted by Crippen LogP contribution is -2.61. The van der Waals surface area contributed by atoms with E-state index in [0.29, 0.717) is 6.54 Å². The van der Waals surface area contributed by atoms with Crippen LogP contribution in [0.5, 0.6) is 5.75 Å². The number of halogens is 2. The van der Waals surface area contributed by atoms with Crippen LogP contribution in [0.25, 0.3) is 0 Å². The zero-order valence-electron chi connectivity index (χ0n) is 17.6. The number of alkyl halides is 2. The summed E-state index contributed by atoms with van der Waals surface area (Å²) in [4.78, 5) is 2.38. The molecule has 10 heteroatoms. The molecule has 1 atom stereocenters. The molecule has 1 N–H and O–H groups in total. The van der Waals surface area contributed by atoms with Crippen molar-refractivity contribution < 1.29 is 31.4 Å². The predicted octanol–water partition coefficient (Wildman–Crippen LogP) is 2.27. The fourth-order valence-corrected chi connectivity index (χ4v) is 5.27. The van der Waals surface area contributed by atoms with Crippen molar-refractivity contribution in [3.8, 4) is 5.75 Å². The molecule has 7 nitrogen and oxygen atoms in total. The minimum atomic E-state index is -3.71. The van der Waals surface area contributed by atoms with Crippen LogP contribution < -0.4 is 10.1 Å². The molecule has 0 radical (unpaired) electrons. The van der Waals surface area contributed by atoms with Crippen LogP contribution >= 0.6 is 0 Å². The van der Waals surface area contributed by atoms with Crippen LogP contribution in [-0.4, -0.2) is 76.4 Å². The highest BCUT2D eigenvalue weighted by Gasteiger charge is 2.43. The quantitative estimate of drug-likeness (QED) is 0.686. The highest BCUT2D eigenvalue weighted by Crippen LogP contribution is 2.31. The van der Waals surface area contributed by atoms with Crippen LogP contribution in [0.4, 0.5) is 8.78 Å². The maximum absolute atomic E-state index is 12.9. The highest BCUT2D eigenvalue weighted by atomic mass is 32.2. The van der Waals surface area contributed by atoms with Crippen LogP contribution in [0.2, 0.25) is 0 Å². The molecule has 2 heterocycles. The number of ether oxygens (including phenoxy) is 3. The molecule has 1 spiro atoms. The van der Waals surface area contributed by atoms with Crippen LogP contribution in [-0.2, 0) is 19.3 Å². The van der Waals surface area contributed by atoms with Crippen LogP contribution in [0.1, 0.15) is 26.7 Å². The summed E-state index contributed by atoms with van der Waals surface area (Å²) < 4.78 is 66.1. The van der Waals surface area contributed by atoms with Gasteiger partial charge in [0.25, 0.3) is 0 Å². The van der Waals surface area contributed by atoms with Crippen molar-refractivity contribution in [2.45, 2.75) is 54.8 Å². The maximum Gasteiger partial charge on any atom is 0.387 e. The molecule has 2 aliphatic heterocycles. The molecule has 30 heavy (non-hydrogen) atoms. The fraction of sp³-hybridized carbons (Fsp3) is 0.700. The standard InChI is InChI=1S/C20H30F2N2O5S/c1-19(2,27-3)14-24-10-8-20(9-11-24)13-23-17(12-28-20)30(25,26)16-6-4-15(5-7-16)29-18(21)22/h4-7,17-18,23H,8-14H2,1-3H3. The van der Waals surface area contributed by atoms with Crippen molar-refractivity contribution in [1.29, 1.82) is 0 Å². The first-order chi connectivity index (χ1) is 14.1. The van der Waals surface area contributed by atoms with E-state index < -0.39 is 21.8 Å². The minimum Gasteiger partial charge on any atom is -0.435 e. The SMILES string of the molecule is COC(C)(C)CN1CCC2(CC1)CNC(S(=O)(=O)c1ccc(OC(F)F)cc1)CO2. The van der Waals surface area contributed by atoms with Gasteiger partial charge in [0.1, 0.15) is 11.1 Å². The van der Waals surface area contributed by atoms with Gasteiger partial charge in [0, 0.05) is 33.3 Å². The number of piperidine rings is 1. The molecule has 0 amide bonds. The Morgan fingerprint density at radius 2 is 1.90 bits per heavy atom. The molecule has 2 fully saturated rings. The van der Waals surface area contributed by atoms with Gasteiger partial charge in [0.15, 0.2) is 9.84 Å². The number of hydrogen-bond donors (Lipinski definition) is 1. The monoisotopic (exact) mass is 448 g/mol. The fourth-order valence-electron chi connectivity index (χ4n) is 3.88. The second-order valence-corrected chi connectivity index (χ2v) is 10.6. The van der Waals surface area contributed by atoms with E-state index in [-0.39, 0.29) is 28.5 Å². The summed E-state index contributed by atoms with van der Waals surface area (Å²) in [6, 6.07) is 4.99. The molecule has 0 aromatic heterocycles. The first kappa shape index (κ1) is 23.3. The van der Waals surface area contributed by atoms with E-state index in [9.17, 15) is 17.2 Å². The Hall–Kier alpha value is -1.33. The Bertz CT molecular complexity index is 799. The van der Waals surface area contributed by atoms with Gasteiger partial charge in [0.05, 0.1) is 22.7 Å². The summed E-state index contributed by atoms with van der Waals surface area (Å²) in [5.41, 5.74) is -0.583.